The Hall–Kier alpha value is -1.79. The third-order valence-corrected chi connectivity index (χ3v) is 4.12. The van der Waals surface area contributed by atoms with Gasteiger partial charge in [0.25, 0.3) is 5.91 Å². The van der Waals surface area contributed by atoms with Gasteiger partial charge in [-0.05, 0) is 25.0 Å². The average Bonchev–Trinajstić information content (AvgIpc) is 3.04. The molecule has 0 unspecified atom stereocenters. The van der Waals surface area contributed by atoms with Crippen LogP contribution in [-0.4, -0.2) is 28.7 Å². The van der Waals surface area contributed by atoms with E-state index in [0.29, 0.717) is 4.88 Å². The molecule has 5 nitrogen and oxygen atoms in total. The summed E-state index contributed by atoms with van der Waals surface area (Å²) in [5.74, 6) is -0.132. The standard InChI is InChI=1S/C13H13N3O2S/c1-18-13(4-5-13)16-11(17)10-8-15-12(19-10)9-3-2-6-14-7-9/h2-3,6-8H,4-5H2,1H3,(H,16,17). The van der Waals surface area contributed by atoms with Gasteiger partial charge in [-0.15, -0.1) is 11.3 Å². The average molecular weight is 275 g/mol. The van der Waals surface area contributed by atoms with E-state index in [2.05, 4.69) is 15.3 Å². The van der Waals surface area contributed by atoms with E-state index in [4.69, 9.17) is 4.74 Å². The SMILES string of the molecule is COC1(NC(=O)c2cnc(-c3cccnc3)s2)CC1. The summed E-state index contributed by atoms with van der Waals surface area (Å²) in [5.41, 5.74) is 0.467. The zero-order valence-corrected chi connectivity index (χ0v) is 11.2. The normalized spacial score (nSPS) is 16.1. The van der Waals surface area contributed by atoms with Crippen LogP contribution in [0.25, 0.3) is 10.6 Å². The van der Waals surface area contributed by atoms with E-state index in [0.717, 1.165) is 23.4 Å². The quantitative estimate of drug-likeness (QED) is 0.868. The van der Waals surface area contributed by atoms with Crippen molar-refractivity contribution >= 4 is 17.2 Å². The molecule has 0 atom stereocenters. The van der Waals surface area contributed by atoms with Crippen LogP contribution >= 0.6 is 11.3 Å². The van der Waals surface area contributed by atoms with E-state index in [-0.39, 0.29) is 5.91 Å². The summed E-state index contributed by atoms with van der Waals surface area (Å²) in [4.78, 5) is 21.0. The number of nitrogens with one attached hydrogen (secondary N) is 1. The Bertz CT molecular complexity index is 593. The summed E-state index contributed by atoms with van der Waals surface area (Å²) in [7, 11) is 1.61. The molecule has 0 aliphatic heterocycles. The predicted octanol–water partition coefficient (Wildman–Crippen LogP) is 2.07. The molecule has 3 rings (SSSR count). The second-order valence-corrected chi connectivity index (χ2v) is 5.45. The lowest BCUT2D eigenvalue weighted by Gasteiger charge is -2.14. The van der Waals surface area contributed by atoms with Crippen LogP contribution in [0.2, 0.25) is 0 Å². The molecule has 1 amide bonds. The van der Waals surface area contributed by atoms with E-state index in [1.54, 1.807) is 25.7 Å². The van der Waals surface area contributed by atoms with Gasteiger partial charge in [0.1, 0.15) is 15.6 Å². The van der Waals surface area contributed by atoms with Crippen molar-refractivity contribution in [1.82, 2.24) is 15.3 Å². The zero-order valence-electron chi connectivity index (χ0n) is 10.4. The Kier molecular flexibility index (Phi) is 3.04. The van der Waals surface area contributed by atoms with Gasteiger partial charge in [0.15, 0.2) is 0 Å². The van der Waals surface area contributed by atoms with Crippen LogP contribution in [0.15, 0.2) is 30.7 Å². The lowest BCUT2D eigenvalue weighted by atomic mass is 10.3. The summed E-state index contributed by atoms with van der Waals surface area (Å²) >= 11 is 1.35. The number of hydrogen-bond donors (Lipinski definition) is 1. The highest BCUT2D eigenvalue weighted by Crippen LogP contribution is 2.36. The van der Waals surface area contributed by atoms with E-state index in [9.17, 15) is 4.79 Å². The van der Waals surface area contributed by atoms with E-state index in [1.807, 2.05) is 12.1 Å². The Labute approximate surface area is 114 Å². The van der Waals surface area contributed by atoms with Gasteiger partial charge in [-0.1, -0.05) is 0 Å². The van der Waals surface area contributed by atoms with Gasteiger partial charge in [-0.3, -0.25) is 9.78 Å². The molecule has 2 aromatic rings. The second kappa shape index (κ2) is 4.71. The van der Waals surface area contributed by atoms with Crippen molar-refractivity contribution in [3.8, 4) is 10.6 Å². The summed E-state index contributed by atoms with van der Waals surface area (Å²) in [6.45, 7) is 0. The Morgan fingerprint density at radius 2 is 2.32 bits per heavy atom. The minimum absolute atomic E-state index is 0.132. The van der Waals surface area contributed by atoms with Crippen molar-refractivity contribution < 1.29 is 9.53 Å². The largest absolute Gasteiger partial charge is 0.359 e. The van der Waals surface area contributed by atoms with Gasteiger partial charge in [-0.25, -0.2) is 4.98 Å². The number of carbonyl (C=O) groups excluding carboxylic acids is 1. The first-order chi connectivity index (χ1) is 9.22. The van der Waals surface area contributed by atoms with E-state index in [1.165, 1.54) is 11.3 Å². The number of thiazole rings is 1. The van der Waals surface area contributed by atoms with Crippen LogP contribution < -0.4 is 5.32 Å². The van der Waals surface area contributed by atoms with Gasteiger partial charge >= 0.3 is 0 Å². The zero-order chi connectivity index (χ0) is 13.3. The lowest BCUT2D eigenvalue weighted by Crippen LogP contribution is -2.37. The first-order valence-corrected chi connectivity index (χ1v) is 6.78. The Morgan fingerprint density at radius 1 is 1.47 bits per heavy atom. The Balaban J connectivity index is 1.76. The molecular weight excluding hydrogens is 262 g/mol. The highest BCUT2D eigenvalue weighted by atomic mass is 32.1. The van der Waals surface area contributed by atoms with Crippen molar-refractivity contribution in [3.63, 3.8) is 0 Å². The maximum absolute atomic E-state index is 12.1. The first-order valence-electron chi connectivity index (χ1n) is 5.96. The van der Waals surface area contributed by atoms with Crippen LogP contribution in [0.5, 0.6) is 0 Å². The summed E-state index contributed by atoms with van der Waals surface area (Å²) < 4.78 is 5.27. The fourth-order valence-corrected chi connectivity index (χ4v) is 2.57. The third kappa shape index (κ3) is 2.50. The number of ether oxygens (including phenoxy) is 1. The van der Waals surface area contributed by atoms with E-state index < -0.39 is 5.72 Å². The highest BCUT2D eigenvalue weighted by molar-refractivity contribution is 7.16. The molecule has 0 radical (unpaired) electrons. The number of carbonyl (C=O) groups is 1. The van der Waals surface area contributed by atoms with Crippen LogP contribution in [0, 0.1) is 0 Å². The van der Waals surface area contributed by atoms with Crippen molar-refractivity contribution in [2.45, 2.75) is 18.6 Å². The number of pyridine rings is 1. The molecule has 0 aromatic carbocycles. The van der Waals surface area contributed by atoms with Crippen molar-refractivity contribution in [1.29, 1.82) is 0 Å². The van der Waals surface area contributed by atoms with Crippen LogP contribution in [0.3, 0.4) is 0 Å². The number of hydrogen-bond acceptors (Lipinski definition) is 5. The fraction of sp³-hybridized carbons (Fsp3) is 0.308. The summed E-state index contributed by atoms with van der Waals surface area (Å²) in [6.07, 6.45) is 6.76. The third-order valence-electron chi connectivity index (χ3n) is 3.07. The van der Waals surface area contributed by atoms with Gasteiger partial charge in [-0.2, -0.15) is 0 Å². The summed E-state index contributed by atoms with van der Waals surface area (Å²) in [5, 5.41) is 3.68. The van der Waals surface area contributed by atoms with Crippen molar-refractivity contribution in [2.75, 3.05) is 7.11 Å². The second-order valence-electron chi connectivity index (χ2n) is 4.42. The number of nitrogens with zero attached hydrogens (tertiary/aromatic N) is 2. The molecule has 0 bridgehead atoms. The number of rotatable bonds is 4. The molecule has 1 saturated carbocycles. The van der Waals surface area contributed by atoms with Crippen LogP contribution in [-0.2, 0) is 4.74 Å². The maximum atomic E-state index is 12.1. The molecule has 1 aliphatic carbocycles. The molecule has 6 heteroatoms. The molecule has 1 fully saturated rings. The predicted molar refractivity (Wildman–Crippen MR) is 71.8 cm³/mol. The minimum atomic E-state index is -0.449. The molecule has 2 aromatic heterocycles. The molecule has 19 heavy (non-hydrogen) atoms. The molecular formula is C13H13N3O2S. The Morgan fingerprint density at radius 3 is 2.95 bits per heavy atom. The van der Waals surface area contributed by atoms with Gasteiger partial charge < -0.3 is 10.1 Å². The molecule has 2 heterocycles. The van der Waals surface area contributed by atoms with Gasteiger partial charge in [0.05, 0.1) is 6.20 Å². The molecule has 0 spiro atoms. The summed E-state index contributed by atoms with van der Waals surface area (Å²) in [6, 6.07) is 3.77. The monoisotopic (exact) mass is 275 g/mol. The fourth-order valence-electron chi connectivity index (χ4n) is 1.76. The van der Waals surface area contributed by atoms with Gasteiger partial charge in [0.2, 0.25) is 0 Å². The number of aromatic nitrogens is 2. The van der Waals surface area contributed by atoms with Crippen LogP contribution in [0.4, 0.5) is 0 Å². The molecule has 1 aliphatic rings. The molecule has 98 valence electrons. The van der Waals surface area contributed by atoms with Gasteiger partial charge in [0, 0.05) is 25.1 Å². The van der Waals surface area contributed by atoms with Crippen LogP contribution in [0.1, 0.15) is 22.5 Å². The van der Waals surface area contributed by atoms with E-state index >= 15 is 0 Å². The number of amides is 1. The minimum Gasteiger partial charge on any atom is -0.359 e. The van der Waals surface area contributed by atoms with Crippen molar-refractivity contribution in [2.24, 2.45) is 0 Å². The maximum Gasteiger partial charge on any atom is 0.265 e. The number of methoxy groups -OCH3 is 1. The molecule has 1 N–H and O–H groups in total. The highest BCUT2D eigenvalue weighted by Gasteiger charge is 2.44. The lowest BCUT2D eigenvalue weighted by molar-refractivity contribution is 0.0433. The smallest absolute Gasteiger partial charge is 0.265 e. The topological polar surface area (TPSA) is 64.1 Å². The molecule has 0 saturated heterocycles. The first kappa shape index (κ1) is 12.3. The van der Waals surface area contributed by atoms with Crippen molar-refractivity contribution in [3.05, 3.63) is 35.6 Å².